The molecule has 0 aliphatic heterocycles. The third kappa shape index (κ3) is 13.0. The number of hydrogen-bond acceptors (Lipinski definition) is 5. The lowest BCUT2D eigenvalue weighted by Gasteiger charge is -2.37. The monoisotopic (exact) mass is 418 g/mol. The van der Waals surface area contributed by atoms with Gasteiger partial charge in [-0.05, 0) is 68.2 Å². The Morgan fingerprint density at radius 1 is 0.448 bits per heavy atom. The lowest BCUT2D eigenvalue weighted by Crippen LogP contribution is -2.42. The SMILES string of the molecule is CCC(COCC(CC)(COC(C)C)COC(C)C)(COC(C)C)COC(C)C. The molecule has 0 spiro atoms. The molecule has 0 atom stereocenters. The smallest absolute Gasteiger partial charge is 0.0570 e. The van der Waals surface area contributed by atoms with Crippen LogP contribution in [0.2, 0.25) is 0 Å². The van der Waals surface area contributed by atoms with Crippen LogP contribution in [0.15, 0.2) is 0 Å². The van der Waals surface area contributed by atoms with Crippen LogP contribution in [-0.2, 0) is 23.7 Å². The molecule has 5 nitrogen and oxygen atoms in total. The molecule has 0 N–H and O–H groups in total. The van der Waals surface area contributed by atoms with Gasteiger partial charge in [-0.2, -0.15) is 0 Å². The molecule has 0 amide bonds. The van der Waals surface area contributed by atoms with E-state index in [0.717, 1.165) is 12.8 Å². The molecule has 176 valence electrons. The first kappa shape index (κ1) is 28.8. The Bertz CT molecular complexity index is 333. The molecule has 0 aliphatic carbocycles. The van der Waals surface area contributed by atoms with Crippen molar-refractivity contribution in [1.82, 2.24) is 0 Å². The van der Waals surface area contributed by atoms with Gasteiger partial charge in [0.25, 0.3) is 0 Å². The second-order valence-electron chi connectivity index (χ2n) is 9.64. The summed E-state index contributed by atoms with van der Waals surface area (Å²) in [4.78, 5) is 0. The standard InChI is InChI=1S/C24H50O5/c1-11-23(15-26-19(3)4,16-27-20(5)6)13-25-14-24(12-2,17-28-21(7)8)18-29-22(9)10/h19-22H,11-18H2,1-10H3. The summed E-state index contributed by atoms with van der Waals surface area (Å²) in [6, 6.07) is 0. The highest BCUT2D eigenvalue weighted by Gasteiger charge is 2.34. The minimum atomic E-state index is -0.147. The van der Waals surface area contributed by atoms with Gasteiger partial charge in [0.1, 0.15) is 0 Å². The first-order valence-electron chi connectivity index (χ1n) is 11.5. The van der Waals surface area contributed by atoms with Gasteiger partial charge in [0.2, 0.25) is 0 Å². The lowest BCUT2D eigenvalue weighted by molar-refractivity contribution is -0.128. The molecule has 29 heavy (non-hydrogen) atoms. The molecule has 0 rings (SSSR count). The third-order valence-corrected chi connectivity index (χ3v) is 5.21. The number of ether oxygens (including phenoxy) is 5. The third-order valence-electron chi connectivity index (χ3n) is 5.21. The molecule has 0 aromatic rings. The quantitative estimate of drug-likeness (QED) is 0.294. The van der Waals surface area contributed by atoms with E-state index in [1.807, 2.05) is 0 Å². The van der Waals surface area contributed by atoms with Crippen molar-refractivity contribution in [2.45, 2.75) is 106 Å². The molecule has 0 radical (unpaired) electrons. The van der Waals surface area contributed by atoms with Crippen LogP contribution in [0, 0.1) is 10.8 Å². The Labute approximate surface area is 181 Å². The van der Waals surface area contributed by atoms with Crippen LogP contribution in [0.1, 0.15) is 82.1 Å². The molecule has 0 fully saturated rings. The van der Waals surface area contributed by atoms with Crippen molar-refractivity contribution >= 4 is 0 Å². The summed E-state index contributed by atoms with van der Waals surface area (Å²) in [6.07, 6.45) is 2.64. The van der Waals surface area contributed by atoms with Crippen molar-refractivity contribution in [3.63, 3.8) is 0 Å². The molecule has 0 aromatic carbocycles. The Balaban J connectivity index is 5.15. The zero-order valence-corrected chi connectivity index (χ0v) is 21.0. The van der Waals surface area contributed by atoms with E-state index in [1.54, 1.807) is 0 Å². The van der Waals surface area contributed by atoms with Crippen LogP contribution in [0.5, 0.6) is 0 Å². The molecule has 0 saturated carbocycles. The van der Waals surface area contributed by atoms with Gasteiger partial charge in [-0.3, -0.25) is 0 Å². The first-order valence-corrected chi connectivity index (χ1v) is 11.5. The van der Waals surface area contributed by atoms with E-state index in [-0.39, 0.29) is 35.2 Å². The van der Waals surface area contributed by atoms with Crippen molar-refractivity contribution < 1.29 is 23.7 Å². The number of rotatable bonds is 18. The summed E-state index contributed by atoms with van der Waals surface area (Å²) in [5.74, 6) is 0. The minimum Gasteiger partial charge on any atom is -0.380 e. The van der Waals surface area contributed by atoms with E-state index < -0.39 is 0 Å². The van der Waals surface area contributed by atoms with Crippen molar-refractivity contribution in [3.8, 4) is 0 Å². The van der Waals surface area contributed by atoms with Gasteiger partial charge in [-0.25, -0.2) is 0 Å². The highest BCUT2D eigenvalue weighted by molar-refractivity contribution is 4.82. The maximum atomic E-state index is 6.36. The van der Waals surface area contributed by atoms with Gasteiger partial charge in [-0.1, -0.05) is 13.8 Å². The lowest BCUT2D eigenvalue weighted by atomic mass is 9.86. The molecule has 0 aliphatic rings. The van der Waals surface area contributed by atoms with E-state index in [4.69, 9.17) is 23.7 Å². The van der Waals surface area contributed by atoms with Crippen molar-refractivity contribution in [1.29, 1.82) is 0 Å². The molecule has 5 heteroatoms. The van der Waals surface area contributed by atoms with E-state index >= 15 is 0 Å². The highest BCUT2D eigenvalue weighted by atomic mass is 16.5. The molecule has 0 bridgehead atoms. The van der Waals surface area contributed by atoms with Crippen LogP contribution >= 0.6 is 0 Å². The van der Waals surface area contributed by atoms with Crippen molar-refractivity contribution in [2.24, 2.45) is 10.8 Å². The van der Waals surface area contributed by atoms with Gasteiger partial charge in [0, 0.05) is 10.8 Å². The average molecular weight is 419 g/mol. The van der Waals surface area contributed by atoms with Crippen LogP contribution in [0.3, 0.4) is 0 Å². The zero-order valence-electron chi connectivity index (χ0n) is 21.0. The van der Waals surface area contributed by atoms with Gasteiger partial charge < -0.3 is 23.7 Å². The first-order chi connectivity index (χ1) is 13.5. The molecular formula is C24H50O5. The van der Waals surface area contributed by atoms with Crippen LogP contribution < -0.4 is 0 Å². The minimum absolute atomic E-state index is 0.147. The summed E-state index contributed by atoms with van der Waals surface area (Å²) in [6.45, 7) is 24.7. The summed E-state index contributed by atoms with van der Waals surface area (Å²) in [5, 5.41) is 0. The Morgan fingerprint density at radius 3 is 0.862 bits per heavy atom. The molecule has 0 aromatic heterocycles. The van der Waals surface area contributed by atoms with Gasteiger partial charge in [-0.15, -0.1) is 0 Å². The highest BCUT2D eigenvalue weighted by Crippen LogP contribution is 2.29. The van der Waals surface area contributed by atoms with E-state index in [1.165, 1.54) is 0 Å². The van der Waals surface area contributed by atoms with Crippen LogP contribution in [0.25, 0.3) is 0 Å². The number of hydrogen-bond donors (Lipinski definition) is 0. The summed E-state index contributed by atoms with van der Waals surface area (Å²) in [7, 11) is 0. The van der Waals surface area contributed by atoms with E-state index in [2.05, 4.69) is 69.2 Å². The van der Waals surface area contributed by atoms with E-state index in [9.17, 15) is 0 Å². The van der Waals surface area contributed by atoms with Crippen molar-refractivity contribution in [2.75, 3.05) is 39.6 Å². The fourth-order valence-corrected chi connectivity index (χ4v) is 2.72. The Morgan fingerprint density at radius 2 is 0.690 bits per heavy atom. The molecule has 0 heterocycles. The summed E-state index contributed by atoms with van der Waals surface area (Å²) in [5.41, 5.74) is -0.294. The predicted molar refractivity (Wildman–Crippen MR) is 121 cm³/mol. The Hall–Kier alpha value is -0.200. The normalized spacial score (nSPS) is 13.4. The Kier molecular flexibility index (Phi) is 14.6. The van der Waals surface area contributed by atoms with Crippen LogP contribution in [0.4, 0.5) is 0 Å². The molecule has 0 saturated heterocycles. The zero-order chi connectivity index (χ0) is 22.5. The van der Waals surface area contributed by atoms with Gasteiger partial charge >= 0.3 is 0 Å². The molecule has 0 unspecified atom stereocenters. The molecular weight excluding hydrogens is 368 g/mol. The van der Waals surface area contributed by atoms with Gasteiger partial charge in [0.05, 0.1) is 64.1 Å². The van der Waals surface area contributed by atoms with Crippen molar-refractivity contribution in [3.05, 3.63) is 0 Å². The van der Waals surface area contributed by atoms with E-state index in [0.29, 0.717) is 39.6 Å². The maximum Gasteiger partial charge on any atom is 0.0570 e. The second-order valence-corrected chi connectivity index (χ2v) is 9.64. The summed E-state index contributed by atoms with van der Waals surface area (Å²) >= 11 is 0. The fraction of sp³-hybridized carbons (Fsp3) is 1.00. The second kappa shape index (κ2) is 14.7. The predicted octanol–water partition coefficient (Wildman–Crippen LogP) is 5.50. The largest absolute Gasteiger partial charge is 0.380 e. The maximum absolute atomic E-state index is 6.36. The fourth-order valence-electron chi connectivity index (χ4n) is 2.72. The van der Waals surface area contributed by atoms with Crippen LogP contribution in [-0.4, -0.2) is 64.1 Å². The summed E-state index contributed by atoms with van der Waals surface area (Å²) < 4.78 is 30.3. The average Bonchev–Trinajstić information content (AvgIpc) is 2.65. The topological polar surface area (TPSA) is 46.2 Å². The van der Waals surface area contributed by atoms with Gasteiger partial charge in [0.15, 0.2) is 0 Å².